The lowest BCUT2D eigenvalue weighted by molar-refractivity contribution is 0.544. The first-order valence-electron chi connectivity index (χ1n) is 2.23. The number of hydrogen-bond acceptors (Lipinski definition) is 2. The second-order valence-corrected chi connectivity index (χ2v) is 1.69. The van der Waals surface area contributed by atoms with E-state index in [-0.39, 0.29) is 12.4 Å². The van der Waals surface area contributed by atoms with Gasteiger partial charge in [0.1, 0.15) is 0 Å². The van der Waals surface area contributed by atoms with E-state index in [0.29, 0.717) is 6.00 Å². The molecular weight excluding hydrogens is 147 g/mol. The molecule has 0 spiro atoms. The molecule has 0 aromatic carbocycles. The molecule has 0 amide bonds. The SMILES string of the molecule is Cl.ClCN1C=NCC1. The number of halogens is 2. The van der Waals surface area contributed by atoms with Crippen LogP contribution in [-0.4, -0.2) is 30.3 Å². The highest BCUT2D eigenvalue weighted by Crippen LogP contribution is 1.92. The summed E-state index contributed by atoms with van der Waals surface area (Å²) < 4.78 is 0. The third-order valence-electron chi connectivity index (χ3n) is 0.915. The van der Waals surface area contributed by atoms with Crippen LogP contribution in [0.5, 0.6) is 0 Å². The molecule has 48 valence electrons. The van der Waals surface area contributed by atoms with Gasteiger partial charge >= 0.3 is 0 Å². The summed E-state index contributed by atoms with van der Waals surface area (Å²) in [5.41, 5.74) is 0. The van der Waals surface area contributed by atoms with Gasteiger partial charge in [0.15, 0.2) is 0 Å². The maximum atomic E-state index is 5.44. The van der Waals surface area contributed by atoms with Crippen LogP contribution in [0.4, 0.5) is 0 Å². The molecule has 4 heteroatoms. The van der Waals surface area contributed by atoms with Crippen LogP contribution in [0.15, 0.2) is 4.99 Å². The third-order valence-corrected chi connectivity index (χ3v) is 1.22. The van der Waals surface area contributed by atoms with Crippen molar-refractivity contribution < 1.29 is 0 Å². The number of nitrogens with zero attached hydrogens (tertiary/aromatic N) is 2. The van der Waals surface area contributed by atoms with Gasteiger partial charge in [0, 0.05) is 6.54 Å². The van der Waals surface area contributed by atoms with Crippen LogP contribution >= 0.6 is 24.0 Å². The Kier molecular flexibility index (Phi) is 4.01. The first-order chi connectivity index (χ1) is 3.43. The average Bonchev–Trinajstić information content (AvgIpc) is 2.14. The Hall–Kier alpha value is 0.0500. The lowest BCUT2D eigenvalue weighted by Crippen LogP contribution is -2.16. The summed E-state index contributed by atoms with van der Waals surface area (Å²) in [4.78, 5) is 5.91. The van der Waals surface area contributed by atoms with Gasteiger partial charge in [0.2, 0.25) is 0 Å². The second-order valence-electron chi connectivity index (χ2n) is 1.45. The number of alkyl halides is 1. The van der Waals surface area contributed by atoms with E-state index in [1.165, 1.54) is 0 Å². The molecule has 0 fully saturated rings. The van der Waals surface area contributed by atoms with Crippen molar-refractivity contribution in [2.75, 3.05) is 19.1 Å². The molecule has 0 aliphatic carbocycles. The van der Waals surface area contributed by atoms with Crippen molar-refractivity contribution in [3.8, 4) is 0 Å². The Morgan fingerprint density at radius 1 is 1.75 bits per heavy atom. The van der Waals surface area contributed by atoms with Crippen LogP contribution in [0, 0.1) is 0 Å². The normalized spacial score (nSPS) is 16.4. The molecule has 0 N–H and O–H groups in total. The number of rotatable bonds is 1. The highest BCUT2D eigenvalue weighted by Gasteiger charge is 1.99. The van der Waals surface area contributed by atoms with Gasteiger partial charge < -0.3 is 4.90 Å². The Labute approximate surface area is 59.9 Å². The van der Waals surface area contributed by atoms with Crippen molar-refractivity contribution in [2.45, 2.75) is 0 Å². The Bertz CT molecular complexity index is 84.1. The van der Waals surface area contributed by atoms with Crippen molar-refractivity contribution in [1.29, 1.82) is 0 Å². The molecule has 8 heavy (non-hydrogen) atoms. The van der Waals surface area contributed by atoms with E-state index in [9.17, 15) is 0 Å². The standard InChI is InChI=1S/C4H7ClN2.ClH/c5-3-7-2-1-6-4-7;/h4H,1-3H2;1H. The molecule has 0 aromatic rings. The lowest BCUT2D eigenvalue weighted by Gasteiger charge is -2.05. The summed E-state index contributed by atoms with van der Waals surface area (Å²) in [6.07, 6.45) is 1.78. The molecule has 0 radical (unpaired) electrons. The van der Waals surface area contributed by atoms with Gasteiger partial charge in [-0.05, 0) is 0 Å². The van der Waals surface area contributed by atoms with Crippen LogP contribution in [0.2, 0.25) is 0 Å². The molecular formula is C4H8Cl2N2. The van der Waals surface area contributed by atoms with Crippen molar-refractivity contribution in [2.24, 2.45) is 4.99 Å². The molecule has 0 saturated carbocycles. The van der Waals surface area contributed by atoms with Gasteiger partial charge in [0.25, 0.3) is 0 Å². The quantitative estimate of drug-likeness (QED) is 0.406. The minimum Gasteiger partial charge on any atom is -0.347 e. The molecule has 1 rings (SSSR count). The first-order valence-corrected chi connectivity index (χ1v) is 2.77. The van der Waals surface area contributed by atoms with Gasteiger partial charge in [-0.25, -0.2) is 0 Å². The van der Waals surface area contributed by atoms with Gasteiger partial charge in [-0.15, -0.1) is 24.0 Å². The van der Waals surface area contributed by atoms with Crippen LogP contribution in [0.3, 0.4) is 0 Å². The molecule has 0 bridgehead atoms. The predicted octanol–water partition coefficient (Wildman–Crippen LogP) is 0.948. The zero-order chi connectivity index (χ0) is 5.11. The minimum atomic E-state index is 0. The van der Waals surface area contributed by atoms with Crippen molar-refractivity contribution in [3.05, 3.63) is 0 Å². The Morgan fingerprint density at radius 2 is 2.50 bits per heavy atom. The van der Waals surface area contributed by atoms with Crippen LogP contribution < -0.4 is 0 Å². The van der Waals surface area contributed by atoms with Crippen LogP contribution in [-0.2, 0) is 0 Å². The van der Waals surface area contributed by atoms with Crippen LogP contribution in [0.1, 0.15) is 0 Å². The maximum Gasteiger partial charge on any atom is 0.0937 e. The summed E-state index contributed by atoms with van der Waals surface area (Å²) in [7, 11) is 0. The largest absolute Gasteiger partial charge is 0.347 e. The fraction of sp³-hybridized carbons (Fsp3) is 0.750. The van der Waals surface area contributed by atoms with Crippen molar-refractivity contribution in [3.63, 3.8) is 0 Å². The predicted molar refractivity (Wildman–Crippen MR) is 38.0 cm³/mol. The fourth-order valence-corrected chi connectivity index (χ4v) is 0.689. The molecule has 1 aliphatic rings. The van der Waals surface area contributed by atoms with Crippen LogP contribution in [0.25, 0.3) is 0 Å². The summed E-state index contributed by atoms with van der Waals surface area (Å²) >= 11 is 5.44. The van der Waals surface area contributed by atoms with Crippen molar-refractivity contribution in [1.82, 2.24) is 4.90 Å². The van der Waals surface area contributed by atoms with E-state index in [2.05, 4.69) is 4.99 Å². The second kappa shape index (κ2) is 3.98. The van der Waals surface area contributed by atoms with E-state index < -0.39 is 0 Å². The number of hydrogen-bond donors (Lipinski definition) is 0. The summed E-state index contributed by atoms with van der Waals surface area (Å²) in [6, 6.07) is 0.573. The molecule has 0 aromatic heterocycles. The van der Waals surface area contributed by atoms with E-state index in [1.54, 1.807) is 6.34 Å². The zero-order valence-corrected chi connectivity index (χ0v) is 5.95. The van der Waals surface area contributed by atoms with E-state index in [1.807, 2.05) is 4.90 Å². The lowest BCUT2D eigenvalue weighted by atomic mass is 10.6. The van der Waals surface area contributed by atoms with E-state index >= 15 is 0 Å². The molecule has 2 nitrogen and oxygen atoms in total. The van der Waals surface area contributed by atoms with Crippen molar-refractivity contribution >= 4 is 30.3 Å². The first kappa shape index (κ1) is 8.05. The fourth-order valence-electron chi connectivity index (χ4n) is 0.508. The average molecular weight is 155 g/mol. The van der Waals surface area contributed by atoms with Gasteiger partial charge in [0.05, 0.1) is 18.9 Å². The Morgan fingerprint density at radius 3 is 2.75 bits per heavy atom. The molecule has 0 unspecified atom stereocenters. The van der Waals surface area contributed by atoms with Gasteiger partial charge in [-0.1, -0.05) is 0 Å². The molecule has 0 atom stereocenters. The number of aliphatic imine (C=N–C) groups is 1. The monoisotopic (exact) mass is 154 g/mol. The van der Waals surface area contributed by atoms with E-state index in [4.69, 9.17) is 11.6 Å². The summed E-state index contributed by atoms with van der Waals surface area (Å²) in [5, 5.41) is 0. The highest BCUT2D eigenvalue weighted by atomic mass is 35.5. The van der Waals surface area contributed by atoms with Gasteiger partial charge in [-0.3, -0.25) is 4.99 Å². The molecule has 1 aliphatic heterocycles. The Balaban J connectivity index is 0.000000490. The summed E-state index contributed by atoms with van der Waals surface area (Å²) in [6.45, 7) is 1.90. The maximum absolute atomic E-state index is 5.44. The third kappa shape index (κ3) is 1.88. The zero-order valence-electron chi connectivity index (χ0n) is 4.38. The van der Waals surface area contributed by atoms with E-state index in [0.717, 1.165) is 13.1 Å². The minimum absolute atomic E-state index is 0. The molecule has 1 heterocycles. The highest BCUT2D eigenvalue weighted by molar-refractivity contribution is 6.18. The molecule has 0 saturated heterocycles. The summed E-state index contributed by atoms with van der Waals surface area (Å²) in [5.74, 6) is 0. The topological polar surface area (TPSA) is 15.6 Å². The smallest absolute Gasteiger partial charge is 0.0937 e. The van der Waals surface area contributed by atoms with Gasteiger partial charge in [-0.2, -0.15) is 0 Å².